The van der Waals surface area contributed by atoms with Gasteiger partial charge in [-0.15, -0.1) is 0 Å². The fourth-order valence-electron chi connectivity index (χ4n) is 3.10. The molecule has 0 unspecified atom stereocenters. The van der Waals surface area contributed by atoms with Gasteiger partial charge in [0.1, 0.15) is 5.75 Å². The lowest BCUT2D eigenvalue weighted by Gasteiger charge is -2.26. The summed E-state index contributed by atoms with van der Waals surface area (Å²) in [6.45, 7) is 0. The molecule has 0 atom stereocenters. The SMILES string of the molecule is O=C(O)c1cccc(Cc2n[nH]c(=O)c3ccc(OC4CCC4)cc23)c1. The van der Waals surface area contributed by atoms with E-state index in [-0.39, 0.29) is 17.2 Å². The predicted molar refractivity (Wildman–Crippen MR) is 96.8 cm³/mol. The molecule has 6 nitrogen and oxygen atoms in total. The van der Waals surface area contributed by atoms with Crippen LogP contribution in [0.25, 0.3) is 10.8 Å². The molecule has 132 valence electrons. The second-order valence-electron chi connectivity index (χ2n) is 6.56. The summed E-state index contributed by atoms with van der Waals surface area (Å²) in [5.41, 5.74) is 1.47. The maximum absolute atomic E-state index is 12.1. The van der Waals surface area contributed by atoms with Crippen molar-refractivity contribution in [1.29, 1.82) is 0 Å². The lowest BCUT2D eigenvalue weighted by molar-refractivity contribution is 0.0696. The van der Waals surface area contributed by atoms with Gasteiger partial charge in [-0.1, -0.05) is 12.1 Å². The van der Waals surface area contributed by atoms with Crippen molar-refractivity contribution in [3.8, 4) is 5.75 Å². The molecule has 0 spiro atoms. The number of nitrogens with one attached hydrogen (secondary N) is 1. The number of aromatic amines is 1. The van der Waals surface area contributed by atoms with Crippen LogP contribution in [0.2, 0.25) is 0 Å². The molecule has 4 rings (SSSR count). The van der Waals surface area contributed by atoms with Gasteiger partial charge in [0.25, 0.3) is 5.56 Å². The molecule has 0 radical (unpaired) electrons. The number of carbonyl (C=O) groups is 1. The Labute approximate surface area is 149 Å². The second kappa shape index (κ2) is 6.63. The van der Waals surface area contributed by atoms with Gasteiger partial charge in [-0.3, -0.25) is 4.79 Å². The number of fused-ring (bicyclic) bond motifs is 1. The quantitative estimate of drug-likeness (QED) is 0.737. The Kier molecular flexibility index (Phi) is 4.16. The summed E-state index contributed by atoms with van der Waals surface area (Å²) in [6.07, 6.45) is 3.96. The predicted octanol–water partition coefficient (Wildman–Crippen LogP) is 3.14. The van der Waals surface area contributed by atoms with Crippen LogP contribution in [0.5, 0.6) is 5.75 Å². The Balaban J connectivity index is 1.72. The third kappa shape index (κ3) is 3.18. The molecule has 26 heavy (non-hydrogen) atoms. The molecule has 2 N–H and O–H groups in total. The molecule has 0 aliphatic heterocycles. The summed E-state index contributed by atoms with van der Waals surface area (Å²) < 4.78 is 5.94. The van der Waals surface area contributed by atoms with E-state index in [2.05, 4.69) is 10.2 Å². The summed E-state index contributed by atoms with van der Waals surface area (Å²) in [4.78, 5) is 23.3. The molecule has 0 amide bonds. The maximum Gasteiger partial charge on any atom is 0.335 e. The molecular weight excluding hydrogens is 332 g/mol. The first-order chi connectivity index (χ1) is 12.6. The molecule has 1 aliphatic carbocycles. The van der Waals surface area contributed by atoms with Crippen molar-refractivity contribution in [3.05, 3.63) is 69.6 Å². The minimum absolute atomic E-state index is 0.227. The third-order valence-electron chi connectivity index (χ3n) is 4.74. The number of hydrogen-bond donors (Lipinski definition) is 2. The second-order valence-corrected chi connectivity index (χ2v) is 6.56. The van der Waals surface area contributed by atoms with E-state index < -0.39 is 5.97 Å². The van der Waals surface area contributed by atoms with Gasteiger partial charge < -0.3 is 9.84 Å². The molecule has 1 heterocycles. The van der Waals surface area contributed by atoms with Crippen LogP contribution >= 0.6 is 0 Å². The zero-order valence-electron chi connectivity index (χ0n) is 14.1. The lowest BCUT2D eigenvalue weighted by atomic mass is 9.96. The highest BCUT2D eigenvalue weighted by atomic mass is 16.5. The standard InChI is InChI=1S/C20H18N2O4/c23-19-16-8-7-15(26-14-5-2-6-14)11-17(16)18(21-22-19)10-12-3-1-4-13(9-12)20(24)25/h1,3-4,7-9,11,14H,2,5-6,10H2,(H,22,23)(H,24,25). The number of aromatic nitrogens is 2. The number of carboxylic acids is 1. The van der Waals surface area contributed by atoms with E-state index in [1.54, 1.807) is 24.3 Å². The van der Waals surface area contributed by atoms with E-state index in [4.69, 9.17) is 9.84 Å². The normalized spacial score (nSPS) is 14.2. The highest BCUT2D eigenvalue weighted by Crippen LogP contribution is 2.28. The largest absolute Gasteiger partial charge is 0.490 e. The Morgan fingerprint density at radius 3 is 2.77 bits per heavy atom. The van der Waals surface area contributed by atoms with Crippen LogP contribution in [-0.2, 0) is 6.42 Å². The number of ether oxygens (including phenoxy) is 1. The van der Waals surface area contributed by atoms with Crippen LogP contribution in [0.1, 0.15) is 40.9 Å². The molecule has 1 aliphatic rings. The summed E-state index contributed by atoms with van der Waals surface area (Å²) >= 11 is 0. The first-order valence-corrected chi connectivity index (χ1v) is 8.60. The van der Waals surface area contributed by atoms with Gasteiger partial charge in [-0.05, 0) is 55.2 Å². The van der Waals surface area contributed by atoms with Crippen molar-refractivity contribution in [1.82, 2.24) is 10.2 Å². The maximum atomic E-state index is 12.1. The number of benzene rings is 2. The van der Waals surface area contributed by atoms with Gasteiger partial charge in [0.05, 0.1) is 22.7 Å². The van der Waals surface area contributed by atoms with Crippen LogP contribution in [-0.4, -0.2) is 27.4 Å². The van der Waals surface area contributed by atoms with Crippen molar-refractivity contribution in [2.24, 2.45) is 0 Å². The van der Waals surface area contributed by atoms with E-state index in [1.807, 2.05) is 18.2 Å². The zero-order chi connectivity index (χ0) is 18.1. The van der Waals surface area contributed by atoms with Gasteiger partial charge in [0.15, 0.2) is 0 Å². The van der Waals surface area contributed by atoms with Gasteiger partial charge >= 0.3 is 5.97 Å². The molecule has 1 aromatic heterocycles. The number of rotatable bonds is 5. The molecule has 0 bridgehead atoms. The van der Waals surface area contributed by atoms with Crippen molar-refractivity contribution in [2.75, 3.05) is 0 Å². The Hall–Kier alpha value is -3.15. The average Bonchev–Trinajstić information content (AvgIpc) is 2.61. The van der Waals surface area contributed by atoms with Gasteiger partial charge in [0, 0.05) is 11.8 Å². The number of hydrogen-bond acceptors (Lipinski definition) is 4. The minimum Gasteiger partial charge on any atom is -0.490 e. The molecule has 2 aromatic carbocycles. The average molecular weight is 350 g/mol. The number of carboxylic acid groups (broad SMARTS) is 1. The summed E-state index contributed by atoms with van der Waals surface area (Å²) in [7, 11) is 0. The van der Waals surface area contributed by atoms with Crippen LogP contribution in [0.15, 0.2) is 47.3 Å². The van der Waals surface area contributed by atoms with Crippen molar-refractivity contribution in [2.45, 2.75) is 31.8 Å². The fourth-order valence-corrected chi connectivity index (χ4v) is 3.10. The highest BCUT2D eigenvalue weighted by Gasteiger charge is 2.19. The van der Waals surface area contributed by atoms with Gasteiger partial charge in [-0.25, -0.2) is 9.89 Å². The minimum atomic E-state index is -0.970. The molecular formula is C20H18N2O4. The van der Waals surface area contributed by atoms with E-state index in [0.717, 1.165) is 29.5 Å². The Morgan fingerprint density at radius 1 is 1.19 bits per heavy atom. The first-order valence-electron chi connectivity index (χ1n) is 8.60. The molecule has 1 fully saturated rings. The van der Waals surface area contributed by atoms with Gasteiger partial charge in [0.2, 0.25) is 0 Å². The third-order valence-corrected chi connectivity index (χ3v) is 4.74. The number of aromatic carboxylic acids is 1. The zero-order valence-corrected chi connectivity index (χ0v) is 14.1. The van der Waals surface area contributed by atoms with E-state index >= 15 is 0 Å². The first kappa shape index (κ1) is 16.3. The highest BCUT2D eigenvalue weighted by molar-refractivity contribution is 5.88. The number of nitrogens with zero attached hydrogens (tertiary/aromatic N) is 1. The Bertz CT molecular complexity index is 1040. The molecule has 6 heteroatoms. The van der Waals surface area contributed by atoms with Crippen LogP contribution in [0.4, 0.5) is 0 Å². The topological polar surface area (TPSA) is 92.3 Å². The van der Waals surface area contributed by atoms with Crippen LogP contribution < -0.4 is 10.3 Å². The fraction of sp³-hybridized carbons (Fsp3) is 0.250. The van der Waals surface area contributed by atoms with E-state index in [0.29, 0.717) is 17.5 Å². The molecule has 0 saturated heterocycles. The van der Waals surface area contributed by atoms with Crippen molar-refractivity contribution >= 4 is 16.7 Å². The molecule has 1 saturated carbocycles. The van der Waals surface area contributed by atoms with Crippen LogP contribution in [0.3, 0.4) is 0 Å². The number of H-pyrrole nitrogens is 1. The Morgan fingerprint density at radius 2 is 2.04 bits per heavy atom. The van der Waals surface area contributed by atoms with Crippen molar-refractivity contribution in [3.63, 3.8) is 0 Å². The summed E-state index contributed by atoms with van der Waals surface area (Å²) in [6, 6.07) is 12.1. The smallest absolute Gasteiger partial charge is 0.335 e. The van der Waals surface area contributed by atoms with Crippen LogP contribution in [0, 0.1) is 0 Å². The van der Waals surface area contributed by atoms with E-state index in [1.165, 1.54) is 6.42 Å². The summed E-state index contributed by atoms with van der Waals surface area (Å²) in [5.74, 6) is -0.238. The molecule has 3 aromatic rings. The monoisotopic (exact) mass is 350 g/mol. The lowest BCUT2D eigenvalue weighted by Crippen LogP contribution is -2.24. The van der Waals surface area contributed by atoms with E-state index in [9.17, 15) is 9.59 Å². The van der Waals surface area contributed by atoms with Crippen molar-refractivity contribution < 1.29 is 14.6 Å². The van der Waals surface area contributed by atoms with Gasteiger partial charge in [-0.2, -0.15) is 5.10 Å². The summed E-state index contributed by atoms with van der Waals surface area (Å²) in [5, 5.41) is 17.1.